The van der Waals surface area contributed by atoms with E-state index in [1.54, 1.807) is 6.07 Å². The highest BCUT2D eigenvalue weighted by Crippen LogP contribution is 2.54. The van der Waals surface area contributed by atoms with Gasteiger partial charge in [-0.2, -0.15) is 0 Å². The zero-order chi connectivity index (χ0) is 28.8. The number of anilines is 3. The second kappa shape index (κ2) is 10.9. The van der Waals surface area contributed by atoms with Crippen molar-refractivity contribution < 1.29 is 22.3 Å². The molecule has 2 aromatic carbocycles. The molecule has 3 aromatic rings. The minimum Gasteiger partial charge on any atom is -0.395 e. The van der Waals surface area contributed by atoms with Gasteiger partial charge in [0.15, 0.2) is 0 Å². The average molecular weight is 604 g/mol. The third-order valence-electron chi connectivity index (χ3n) is 8.55. The van der Waals surface area contributed by atoms with Crippen LogP contribution in [-0.2, 0) is 10.0 Å². The molecule has 0 atom stereocenters. The van der Waals surface area contributed by atoms with Crippen LogP contribution in [-0.4, -0.2) is 68.0 Å². The van der Waals surface area contributed by atoms with Crippen molar-refractivity contribution in [2.45, 2.75) is 61.3 Å². The number of benzene rings is 2. The summed E-state index contributed by atoms with van der Waals surface area (Å²) in [6.45, 7) is 3.90. The molecule has 1 aromatic heterocycles. The smallest absolute Gasteiger partial charge is 0.251 e. The highest BCUT2D eigenvalue weighted by Gasteiger charge is 2.44. The monoisotopic (exact) mass is 603 g/mol. The molecule has 1 saturated carbocycles. The fraction of sp³-hybridized carbons (Fsp3) is 0.517. The normalized spacial score (nSPS) is 20.0. The molecule has 0 bridgehead atoms. The quantitative estimate of drug-likeness (QED) is 0.329. The fourth-order valence-electron chi connectivity index (χ4n) is 5.95. The first-order chi connectivity index (χ1) is 19.5. The Labute approximate surface area is 243 Å². The number of piperidine rings is 2. The van der Waals surface area contributed by atoms with Crippen molar-refractivity contribution in [1.29, 1.82) is 0 Å². The lowest BCUT2D eigenvalue weighted by molar-refractivity contribution is -0.0220. The second-order valence-corrected chi connectivity index (χ2v) is 14.6. The Hall–Kier alpha value is -2.70. The molecule has 1 aliphatic carbocycles. The number of fused-ring (bicyclic) bond motifs is 1. The van der Waals surface area contributed by atoms with Gasteiger partial charge in [0.25, 0.3) is 5.92 Å². The summed E-state index contributed by atoms with van der Waals surface area (Å²) in [6, 6.07) is 9.69. The van der Waals surface area contributed by atoms with Gasteiger partial charge in [-0.25, -0.2) is 27.2 Å². The van der Waals surface area contributed by atoms with E-state index in [0.717, 1.165) is 58.2 Å². The molecule has 0 amide bonds. The van der Waals surface area contributed by atoms with Gasteiger partial charge in [-0.05, 0) is 73.9 Å². The Morgan fingerprint density at radius 1 is 0.951 bits per heavy atom. The van der Waals surface area contributed by atoms with Crippen molar-refractivity contribution in [2.75, 3.05) is 53.1 Å². The van der Waals surface area contributed by atoms with Crippen LogP contribution in [0.3, 0.4) is 0 Å². The van der Waals surface area contributed by atoms with Crippen molar-refractivity contribution >= 4 is 49.8 Å². The van der Waals surface area contributed by atoms with Crippen LogP contribution in [0.4, 0.5) is 25.8 Å². The predicted molar refractivity (Wildman–Crippen MR) is 159 cm³/mol. The molecular weight excluding hydrogens is 568 g/mol. The van der Waals surface area contributed by atoms with E-state index in [1.165, 1.54) is 30.9 Å². The van der Waals surface area contributed by atoms with Gasteiger partial charge in [0, 0.05) is 49.6 Å². The van der Waals surface area contributed by atoms with E-state index in [2.05, 4.69) is 25.7 Å². The summed E-state index contributed by atoms with van der Waals surface area (Å²) in [6.07, 6.45) is 5.94. The largest absolute Gasteiger partial charge is 0.395 e. The van der Waals surface area contributed by atoms with Gasteiger partial charge in [-0.15, -0.1) is 0 Å². The molecule has 220 valence electrons. The van der Waals surface area contributed by atoms with Crippen LogP contribution in [0.5, 0.6) is 0 Å². The Morgan fingerprint density at radius 2 is 1.66 bits per heavy atom. The number of aryl methyl sites for hydroxylation is 1. The number of aliphatic hydroxyl groups is 1. The third-order valence-corrected chi connectivity index (χ3v) is 10.8. The number of alkyl halides is 2. The number of nitrogens with one attached hydrogen (secondary N) is 1. The lowest BCUT2D eigenvalue weighted by Gasteiger charge is -2.35. The van der Waals surface area contributed by atoms with E-state index in [1.807, 2.05) is 30.0 Å². The van der Waals surface area contributed by atoms with Crippen LogP contribution < -0.4 is 14.5 Å². The van der Waals surface area contributed by atoms with Crippen molar-refractivity contribution in [2.24, 2.45) is 5.41 Å². The second-order valence-electron chi connectivity index (χ2n) is 11.6. The summed E-state index contributed by atoms with van der Waals surface area (Å²) >= 11 is 1.50. The van der Waals surface area contributed by atoms with E-state index in [-0.39, 0.29) is 18.6 Å². The van der Waals surface area contributed by atoms with Gasteiger partial charge in [0.05, 0.1) is 34.6 Å². The summed E-state index contributed by atoms with van der Waals surface area (Å²) in [4.78, 5) is 14.5. The lowest BCUT2D eigenvalue weighted by atomic mass is 9.93. The van der Waals surface area contributed by atoms with Crippen LogP contribution in [0.1, 0.15) is 44.1 Å². The molecule has 41 heavy (non-hydrogen) atoms. The van der Waals surface area contributed by atoms with E-state index in [4.69, 9.17) is 0 Å². The summed E-state index contributed by atoms with van der Waals surface area (Å²) < 4.78 is 55.2. The van der Waals surface area contributed by atoms with Gasteiger partial charge in [-0.1, -0.05) is 11.8 Å². The van der Waals surface area contributed by atoms with Crippen LogP contribution in [0.25, 0.3) is 10.9 Å². The summed E-state index contributed by atoms with van der Waals surface area (Å²) in [5.41, 5.74) is 4.34. The first-order valence-corrected chi connectivity index (χ1v) is 16.6. The van der Waals surface area contributed by atoms with Crippen molar-refractivity contribution in [1.82, 2.24) is 9.97 Å². The van der Waals surface area contributed by atoms with Gasteiger partial charge < -0.3 is 14.9 Å². The van der Waals surface area contributed by atoms with Gasteiger partial charge >= 0.3 is 0 Å². The number of nitrogens with zero attached hydrogens (tertiary/aromatic N) is 4. The fourth-order valence-corrected chi connectivity index (χ4v) is 7.83. The topological polar surface area (TPSA) is 98.7 Å². The minimum absolute atomic E-state index is 0.148. The number of aliphatic hydroxyl groups excluding tert-OH is 1. The molecule has 8 nitrogen and oxygen atoms in total. The maximum absolute atomic E-state index is 13.8. The molecule has 0 unspecified atom stereocenters. The van der Waals surface area contributed by atoms with E-state index in [0.29, 0.717) is 29.7 Å². The zero-order valence-corrected chi connectivity index (χ0v) is 24.7. The van der Waals surface area contributed by atoms with E-state index in [9.17, 15) is 22.3 Å². The number of aromatic nitrogens is 2. The molecule has 2 saturated heterocycles. The Morgan fingerprint density at radius 3 is 2.34 bits per heavy atom. The van der Waals surface area contributed by atoms with E-state index < -0.39 is 22.6 Å². The highest BCUT2D eigenvalue weighted by atomic mass is 32.2. The molecule has 3 heterocycles. The van der Waals surface area contributed by atoms with Gasteiger partial charge in [0.1, 0.15) is 11.4 Å². The van der Waals surface area contributed by atoms with Crippen LogP contribution in [0, 0.1) is 12.3 Å². The SMILES string of the molecule is Cc1cc(Sc2ncnc3cc(NS(=O)(=O)CCO)cc(N4CCC5(CC4)CC5)c23)cc(N2CCC(F)(F)CC2)c1. The first kappa shape index (κ1) is 28.4. The van der Waals surface area contributed by atoms with Gasteiger partial charge in [0.2, 0.25) is 10.0 Å². The van der Waals surface area contributed by atoms with Gasteiger partial charge in [-0.3, -0.25) is 4.72 Å². The lowest BCUT2D eigenvalue weighted by Crippen LogP contribution is -2.39. The number of rotatable bonds is 8. The zero-order valence-electron chi connectivity index (χ0n) is 23.1. The average Bonchev–Trinajstić information content (AvgIpc) is 3.66. The Balaban J connectivity index is 1.36. The third kappa shape index (κ3) is 6.39. The first-order valence-electron chi connectivity index (χ1n) is 14.1. The molecule has 1 spiro atoms. The van der Waals surface area contributed by atoms with Crippen LogP contribution in [0.2, 0.25) is 0 Å². The Kier molecular flexibility index (Phi) is 7.52. The minimum atomic E-state index is -3.71. The van der Waals surface area contributed by atoms with Crippen LogP contribution >= 0.6 is 11.8 Å². The number of hydrogen-bond acceptors (Lipinski definition) is 8. The Bertz CT molecular complexity index is 1550. The molecule has 2 aliphatic heterocycles. The van der Waals surface area contributed by atoms with Crippen molar-refractivity contribution in [3.05, 3.63) is 42.2 Å². The molecule has 2 N–H and O–H groups in total. The summed E-state index contributed by atoms with van der Waals surface area (Å²) in [7, 11) is -3.71. The number of halogens is 2. The van der Waals surface area contributed by atoms with E-state index >= 15 is 0 Å². The van der Waals surface area contributed by atoms with Crippen LogP contribution in [0.15, 0.2) is 46.6 Å². The molecular formula is C29H35F2N5O3S2. The highest BCUT2D eigenvalue weighted by molar-refractivity contribution is 7.99. The predicted octanol–water partition coefficient (Wildman–Crippen LogP) is 5.44. The molecule has 3 aliphatic rings. The number of hydrogen-bond donors (Lipinski definition) is 2. The summed E-state index contributed by atoms with van der Waals surface area (Å²) in [5, 5.41) is 10.8. The number of sulfonamides is 1. The molecule has 3 fully saturated rings. The molecule has 6 rings (SSSR count). The maximum Gasteiger partial charge on any atom is 0.251 e. The summed E-state index contributed by atoms with van der Waals surface area (Å²) in [5.74, 6) is -2.99. The van der Waals surface area contributed by atoms with Crippen molar-refractivity contribution in [3.8, 4) is 0 Å². The molecule has 0 radical (unpaired) electrons. The molecule has 12 heteroatoms. The standard InChI is InChI=1S/C29H35F2N5O3S2/c1-20-14-22(35-10-6-29(30,31)7-11-35)18-23(15-20)40-27-26-24(32-19-33-27)16-21(34-41(38,39)13-12-37)17-25(26)36-8-4-28(2-3-28)5-9-36/h14-19,34,37H,2-13H2,1H3. The maximum atomic E-state index is 13.8. The van der Waals surface area contributed by atoms with Crippen molar-refractivity contribution in [3.63, 3.8) is 0 Å².